The standard InChI is InChI=1S/C10H13ClFN.C8H6F4O/c1-6(2)7-4-8(11)10(13-3)9(12)5-7;1-5-2-3-7(6(9)4-5)13-8(10,11)12/h4-6,13H,1-3H3;2-4H,1H3. The monoisotopic (exact) mass is 395 g/mol. The molecular formula is C18H19ClF5NO. The van der Waals surface area contributed by atoms with E-state index in [2.05, 4.69) is 10.1 Å². The molecule has 0 aliphatic rings. The summed E-state index contributed by atoms with van der Waals surface area (Å²) in [5.74, 6) is -1.83. The quantitative estimate of drug-likeness (QED) is 0.585. The first-order chi connectivity index (χ1) is 11.9. The summed E-state index contributed by atoms with van der Waals surface area (Å²) in [4.78, 5) is 0. The summed E-state index contributed by atoms with van der Waals surface area (Å²) in [6, 6.07) is 6.56. The average Bonchev–Trinajstić information content (AvgIpc) is 2.49. The summed E-state index contributed by atoms with van der Waals surface area (Å²) in [7, 11) is 1.65. The maximum absolute atomic E-state index is 13.3. The zero-order chi connectivity index (χ0) is 20.1. The molecule has 0 radical (unpaired) electrons. The first-order valence-corrected chi connectivity index (χ1v) is 8.01. The van der Waals surface area contributed by atoms with Gasteiger partial charge in [0.1, 0.15) is 5.82 Å². The van der Waals surface area contributed by atoms with Crippen molar-refractivity contribution in [2.24, 2.45) is 0 Å². The van der Waals surface area contributed by atoms with Crippen LogP contribution in [0.2, 0.25) is 5.02 Å². The van der Waals surface area contributed by atoms with Gasteiger partial charge in [-0.2, -0.15) is 0 Å². The summed E-state index contributed by atoms with van der Waals surface area (Å²) in [5, 5.41) is 3.16. The molecule has 2 aromatic carbocycles. The molecule has 0 atom stereocenters. The second-order valence-electron chi connectivity index (χ2n) is 5.75. The van der Waals surface area contributed by atoms with Gasteiger partial charge in [0.05, 0.1) is 10.7 Å². The van der Waals surface area contributed by atoms with Crippen LogP contribution in [0.25, 0.3) is 0 Å². The van der Waals surface area contributed by atoms with Crippen molar-refractivity contribution in [3.63, 3.8) is 0 Å². The molecule has 144 valence electrons. The molecule has 8 heteroatoms. The molecule has 2 rings (SSSR count). The maximum atomic E-state index is 13.3. The predicted octanol–water partition coefficient (Wildman–Crippen LogP) is 6.68. The minimum Gasteiger partial charge on any atom is -0.403 e. The molecule has 0 unspecified atom stereocenters. The highest BCUT2D eigenvalue weighted by atomic mass is 35.5. The van der Waals surface area contributed by atoms with Crippen LogP contribution in [0.1, 0.15) is 30.9 Å². The van der Waals surface area contributed by atoms with Gasteiger partial charge in [-0.15, -0.1) is 13.2 Å². The van der Waals surface area contributed by atoms with Crippen molar-refractivity contribution in [1.29, 1.82) is 0 Å². The minimum atomic E-state index is -4.85. The van der Waals surface area contributed by atoms with E-state index in [1.165, 1.54) is 12.1 Å². The van der Waals surface area contributed by atoms with E-state index in [1.807, 2.05) is 13.8 Å². The van der Waals surface area contributed by atoms with Crippen LogP contribution in [0, 0.1) is 18.6 Å². The summed E-state index contributed by atoms with van der Waals surface area (Å²) < 4.78 is 64.4. The van der Waals surface area contributed by atoms with Crippen molar-refractivity contribution in [2.75, 3.05) is 12.4 Å². The van der Waals surface area contributed by atoms with Gasteiger partial charge in [-0.25, -0.2) is 8.78 Å². The number of anilines is 1. The molecule has 1 N–H and O–H groups in total. The number of benzene rings is 2. The molecule has 26 heavy (non-hydrogen) atoms. The third-order valence-corrected chi connectivity index (χ3v) is 3.59. The van der Waals surface area contributed by atoms with Crippen LogP contribution in [0.5, 0.6) is 5.75 Å². The molecule has 0 amide bonds. The van der Waals surface area contributed by atoms with Gasteiger partial charge in [-0.3, -0.25) is 0 Å². The number of nitrogens with one attached hydrogen (secondary N) is 1. The largest absolute Gasteiger partial charge is 0.573 e. The fraction of sp³-hybridized carbons (Fsp3) is 0.333. The molecule has 0 aromatic heterocycles. The molecule has 0 spiro atoms. The van der Waals surface area contributed by atoms with E-state index >= 15 is 0 Å². The second kappa shape index (κ2) is 9.07. The Balaban J connectivity index is 0.000000260. The minimum absolute atomic E-state index is 0.290. The highest BCUT2D eigenvalue weighted by Gasteiger charge is 2.32. The van der Waals surface area contributed by atoms with Crippen LogP contribution >= 0.6 is 11.6 Å². The molecule has 0 saturated heterocycles. The SMILES string of the molecule is CNc1c(F)cc(C(C)C)cc1Cl.Cc1ccc(OC(F)(F)F)c(F)c1. The molecule has 0 aliphatic heterocycles. The topological polar surface area (TPSA) is 21.3 Å². The van der Waals surface area contributed by atoms with Crippen molar-refractivity contribution in [2.45, 2.75) is 33.1 Å². The third-order valence-electron chi connectivity index (χ3n) is 3.29. The average molecular weight is 396 g/mol. The van der Waals surface area contributed by atoms with Crippen molar-refractivity contribution in [3.05, 3.63) is 58.1 Å². The zero-order valence-electron chi connectivity index (χ0n) is 14.6. The summed E-state index contributed by atoms with van der Waals surface area (Å²) >= 11 is 5.88. The fourth-order valence-electron chi connectivity index (χ4n) is 1.98. The summed E-state index contributed by atoms with van der Waals surface area (Å²) in [5.41, 5.74) is 1.82. The Morgan fingerprint density at radius 1 is 1.04 bits per heavy atom. The molecule has 2 nitrogen and oxygen atoms in total. The molecule has 0 saturated carbocycles. The number of ether oxygens (including phenoxy) is 1. The smallest absolute Gasteiger partial charge is 0.403 e. The predicted molar refractivity (Wildman–Crippen MR) is 92.9 cm³/mol. The van der Waals surface area contributed by atoms with Gasteiger partial charge >= 0.3 is 6.36 Å². The lowest BCUT2D eigenvalue weighted by Crippen LogP contribution is -2.17. The van der Waals surface area contributed by atoms with Gasteiger partial charge in [0.2, 0.25) is 0 Å². The van der Waals surface area contributed by atoms with Crippen LogP contribution in [0.4, 0.5) is 27.6 Å². The van der Waals surface area contributed by atoms with Gasteiger partial charge in [-0.1, -0.05) is 31.5 Å². The highest BCUT2D eigenvalue weighted by Crippen LogP contribution is 2.29. The summed E-state index contributed by atoms with van der Waals surface area (Å²) in [6.45, 7) is 5.58. The van der Waals surface area contributed by atoms with Gasteiger partial charge in [-0.05, 0) is 48.2 Å². The molecule has 0 fully saturated rings. The van der Waals surface area contributed by atoms with Crippen LogP contribution < -0.4 is 10.1 Å². The maximum Gasteiger partial charge on any atom is 0.573 e. The van der Waals surface area contributed by atoms with E-state index in [1.54, 1.807) is 20.0 Å². The van der Waals surface area contributed by atoms with E-state index < -0.39 is 17.9 Å². The molecule has 0 aliphatic carbocycles. The van der Waals surface area contributed by atoms with Crippen LogP contribution in [-0.2, 0) is 0 Å². The lowest BCUT2D eigenvalue weighted by molar-refractivity contribution is -0.275. The Morgan fingerprint density at radius 2 is 1.65 bits per heavy atom. The van der Waals surface area contributed by atoms with Crippen molar-refractivity contribution < 1.29 is 26.7 Å². The second-order valence-corrected chi connectivity index (χ2v) is 6.15. The lowest BCUT2D eigenvalue weighted by atomic mass is 10.0. The van der Waals surface area contributed by atoms with E-state index in [4.69, 9.17) is 11.6 Å². The highest BCUT2D eigenvalue weighted by molar-refractivity contribution is 6.33. The number of rotatable bonds is 3. The number of hydrogen-bond acceptors (Lipinski definition) is 2. The Labute approximate surface area is 153 Å². The number of alkyl halides is 3. The first-order valence-electron chi connectivity index (χ1n) is 7.63. The fourth-order valence-corrected chi connectivity index (χ4v) is 2.29. The Bertz CT molecular complexity index is 724. The zero-order valence-corrected chi connectivity index (χ0v) is 15.4. The van der Waals surface area contributed by atoms with Crippen LogP contribution in [0.3, 0.4) is 0 Å². The van der Waals surface area contributed by atoms with E-state index in [-0.39, 0.29) is 11.7 Å². The molecule has 0 heterocycles. The van der Waals surface area contributed by atoms with Crippen molar-refractivity contribution in [3.8, 4) is 5.75 Å². The molecule has 2 aromatic rings. The molecule has 0 bridgehead atoms. The number of halogens is 6. The Kier molecular flexibility index (Phi) is 7.68. The number of hydrogen-bond donors (Lipinski definition) is 1. The molecular weight excluding hydrogens is 377 g/mol. The van der Waals surface area contributed by atoms with E-state index in [0.29, 0.717) is 16.3 Å². The summed E-state index contributed by atoms with van der Waals surface area (Å²) in [6.07, 6.45) is -4.85. The van der Waals surface area contributed by atoms with Crippen LogP contribution in [-0.4, -0.2) is 13.4 Å². The normalized spacial score (nSPS) is 11.0. The van der Waals surface area contributed by atoms with Gasteiger partial charge in [0.15, 0.2) is 11.6 Å². The lowest BCUT2D eigenvalue weighted by Gasteiger charge is -2.10. The van der Waals surface area contributed by atoms with E-state index in [0.717, 1.165) is 17.7 Å². The number of aryl methyl sites for hydroxylation is 1. The van der Waals surface area contributed by atoms with Gasteiger partial charge < -0.3 is 10.1 Å². The van der Waals surface area contributed by atoms with Crippen molar-refractivity contribution in [1.82, 2.24) is 0 Å². The Morgan fingerprint density at radius 3 is 2.08 bits per heavy atom. The third kappa shape index (κ3) is 6.71. The van der Waals surface area contributed by atoms with Gasteiger partial charge in [0, 0.05) is 7.05 Å². The van der Waals surface area contributed by atoms with Gasteiger partial charge in [0.25, 0.3) is 0 Å². The van der Waals surface area contributed by atoms with Crippen LogP contribution in [0.15, 0.2) is 30.3 Å². The van der Waals surface area contributed by atoms with Crippen molar-refractivity contribution >= 4 is 17.3 Å². The van der Waals surface area contributed by atoms with E-state index in [9.17, 15) is 22.0 Å². The Hall–Kier alpha value is -2.02. The first kappa shape index (κ1) is 22.0.